The zero-order chi connectivity index (χ0) is 15.5. The van der Waals surface area contributed by atoms with Crippen LogP contribution in [0.15, 0.2) is 72.0 Å². The van der Waals surface area contributed by atoms with E-state index in [1.165, 1.54) is 0 Å². The third-order valence-corrected chi connectivity index (χ3v) is 4.03. The molecule has 2 aromatic rings. The summed E-state index contributed by atoms with van der Waals surface area (Å²) >= 11 is 0. The van der Waals surface area contributed by atoms with Crippen LogP contribution in [-0.2, 0) is 9.53 Å². The van der Waals surface area contributed by atoms with Gasteiger partial charge in [-0.15, -0.1) is 0 Å². The SMILES string of the molecule is CCC(C1=C(O)C(c2ccccc2)OC1=O)c1ccccc1. The normalized spacial score (nSPS) is 19.1. The molecule has 0 saturated heterocycles. The highest BCUT2D eigenvalue weighted by Gasteiger charge is 2.39. The highest BCUT2D eigenvalue weighted by Crippen LogP contribution is 2.41. The number of benzene rings is 2. The summed E-state index contributed by atoms with van der Waals surface area (Å²) in [6.45, 7) is 2.00. The Kier molecular flexibility index (Phi) is 3.96. The average molecular weight is 294 g/mol. The molecule has 0 aromatic heterocycles. The van der Waals surface area contributed by atoms with Crippen molar-refractivity contribution in [2.75, 3.05) is 0 Å². The van der Waals surface area contributed by atoms with Crippen LogP contribution in [0.2, 0.25) is 0 Å². The van der Waals surface area contributed by atoms with Gasteiger partial charge in [0.25, 0.3) is 0 Å². The van der Waals surface area contributed by atoms with E-state index in [0.717, 1.165) is 17.5 Å². The fourth-order valence-corrected chi connectivity index (χ4v) is 2.94. The fraction of sp³-hybridized carbons (Fsp3) is 0.211. The highest BCUT2D eigenvalue weighted by atomic mass is 16.6. The number of esters is 1. The number of carbonyl (C=O) groups excluding carboxylic acids is 1. The average Bonchev–Trinajstić information content (AvgIpc) is 2.86. The van der Waals surface area contributed by atoms with E-state index in [9.17, 15) is 9.90 Å². The van der Waals surface area contributed by atoms with Crippen LogP contribution in [0.25, 0.3) is 0 Å². The standard InChI is InChI=1S/C19H18O3/c1-2-15(13-9-5-3-6-10-13)16-17(20)18(22-19(16)21)14-11-7-4-8-12-14/h3-12,15,18,20H,2H2,1H3. The van der Waals surface area contributed by atoms with Gasteiger partial charge < -0.3 is 9.84 Å². The topological polar surface area (TPSA) is 46.5 Å². The lowest BCUT2D eigenvalue weighted by atomic mass is 9.87. The number of hydrogen-bond acceptors (Lipinski definition) is 3. The molecular formula is C19H18O3. The van der Waals surface area contributed by atoms with Gasteiger partial charge in [-0.2, -0.15) is 0 Å². The number of aliphatic hydroxyl groups excluding tert-OH is 1. The molecule has 0 spiro atoms. The van der Waals surface area contributed by atoms with Crippen molar-refractivity contribution in [3.63, 3.8) is 0 Å². The predicted molar refractivity (Wildman–Crippen MR) is 84.4 cm³/mol. The number of cyclic esters (lactones) is 1. The number of rotatable bonds is 4. The van der Waals surface area contributed by atoms with Crippen molar-refractivity contribution in [3.05, 3.63) is 83.1 Å². The van der Waals surface area contributed by atoms with Crippen molar-refractivity contribution >= 4 is 5.97 Å². The van der Waals surface area contributed by atoms with Crippen LogP contribution in [0.4, 0.5) is 0 Å². The van der Waals surface area contributed by atoms with Crippen LogP contribution < -0.4 is 0 Å². The summed E-state index contributed by atoms with van der Waals surface area (Å²) in [5.41, 5.74) is 2.17. The van der Waals surface area contributed by atoms with Gasteiger partial charge in [-0.05, 0) is 12.0 Å². The minimum absolute atomic E-state index is 0.0342. The lowest BCUT2D eigenvalue weighted by molar-refractivity contribution is -0.140. The van der Waals surface area contributed by atoms with Gasteiger partial charge in [0.15, 0.2) is 6.10 Å². The molecule has 0 amide bonds. The van der Waals surface area contributed by atoms with E-state index < -0.39 is 12.1 Å². The van der Waals surface area contributed by atoms with Gasteiger partial charge in [0.2, 0.25) is 0 Å². The fourth-order valence-electron chi connectivity index (χ4n) is 2.94. The van der Waals surface area contributed by atoms with E-state index in [1.54, 1.807) is 0 Å². The zero-order valence-corrected chi connectivity index (χ0v) is 12.4. The van der Waals surface area contributed by atoms with Crippen molar-refractivity contribution in [2.45, 2.75) is 25.4 Å². The van der Waals surface area contributed by atoms with Crippen molar-refractivity contribution in [1.29, 1.82) is 0 Å². The number of ether oxygens (including phenoxy) is 1. The van der Waals surface area contributed by atoms with E-state index in [1.807, 2.05) is 67.6 Å². The minimum atomic E-state index is -0.693. The van der Waals surface area contributed by atoms with Crippen molar-refractivity contribution in [3.8, 4) is 0 Å². The molecular weight excluding hydrogens is 276 g/mol. The summed E-state index contributed by atoms with van der Waals surface area (Å²) in [6.07, 6.45) is 0.0291. The highest BCUT2D eigenvalue weighted by molar-refractivity contribution is 5.93. The van der Waals surface area contributed by atoms with E-state index in [4.69, 9.17) is 4.74 Å². The molecule has 3 heteroatoms. The first-order valence-electron chi connectivity index (χ1n) is 7.46. The number of hydrogen-bond donors (Lipinski definition) is 1. The Morgan fingerprint density at radius 1 is 1.05 bits per heavy atom. The third kappa shape index (κ3) is 2.50. The van der Waals surface area contributed by atoms with Gasteiger partial charge in [-0.3, -0.25) is 0 Å². The van der Waals surface area contributed by atoms with Gasteiger partial charge in [0.05, 0.1) is 5.57 Å². The lowest BCUT2D eigenvalue weighted by Gasteiger charge is -2.14. The van der Waals surface area contributed by atoms with Crippen LogP contribution in [-0.4, -0.2) is 11.1 Å². The zero-order valence-electron chi connectivity index (χ0n) is 12.4. The maximum absolute atomic E-state index is 12.3. The second-order valence-corrected chi connectivity index (χ2v) is 5.37. The molecule has 1 aliphatic heterocycles. The Hall–Kier alpha value is -2.55. The lowest BCUT2D eigenvalue weighted by Crippen LogP contribution is -2.09. The first kappa shape index (κ1) is 14.4. The summed E-state index contributed by atoms with van der Waals surface area (Å²) in [5.74, 6) is -0.545. The summed E-state index contributed by atoms with van der Waals surface area (Å²) < 4.78 is 5.41. The molecule has 3 nitrogen and oxygen atoms in total. The maximum atomic E-state index is 12.3. The van der Waals surface area contributed by atoms with E-state index in [0.29, 0.717) is 5.57 Å². The molecule has 0 fully saturated rings. The summed E-state index contributed by atoms with van der Waals surface area (Å²) in [6, 6.07) is 19.1. The molecule has 112 valence electrons. The van der Waals surface area contributed by atoms with Crippen LogP contribution in [0, 0.1) is 0 Å². The van der Waals surface area contributed by atoms with Crippen LogP contribution in [0.5, 0.6) is 0 Å². The first-order valence-corrected chi connectivity index (χ1v) is 7.46. The van der Waals surface area contributed by atoms with Crippen LogP contribution in [0.3, 0.4) is 0 Å². The Balaban J connectivity index is 2.01. The van der Waals surface area contributed by atoms with Crippen LogP contribution >= 0.6 is 0 Å². The predicted octanol–water partition coefficient (Wildman–Crippen LogP) is 4.29. The molecule has 2 unspecified atom stereocenters. The second-order valence-electron chi connectivity index (χ2n) is 5.37. The third-order valence-electron chi connectivity index (χ3n) is 4.03. The molecule has 2 atom stereocenters. The molecule has 0 bridgehead atoms. The largest absolute Gasteiger partial charge is 0.507 e. The minimum Gasteiger partial charge on any atom is -0.507 e. The van der Waals surface area contributed by atoms with Gasteiger partial charge in [-0.1, -0.05) is 67.6 Å². The van der Waals surface area contributed by atoms with Crippen molar-refractivity contribution in [1.82, 2.24) is 0 Å². The van der Waals surface area contributed by atoms with E-state index in [2.05, 4.69) is 0 Å². The number of carbonyl (C=O) groups is 1. The molecule has 1 aliphatic rings. The smallest absolute Gasteiger partial charge is 0.339 e. The molecule has 0 saturated carbocycles. The molecule has 0 aliphatic carbocycles. The molecule has 2 aromatic carbocycles. The first-order chi connectivity index (χ1) is 10.7. The molecule has 0 radical (unpaired) electrons. The summed E-state index contributed by atoms with van der Waals surface area (Å²) in [4.78, 5) is 12.3. The Labute approximate surface area is 129 Å². The number of aliphatic hydroxyl groups is 1. The monoisotopic (exact) mass is 294 g/mol. The quantitative estimate of drug-likeness (QED) is 0.856. The summed E-state index contributed by atoms with van der Waals surface area (Å²) in [7, 11) is 0. The van der Waals surface area contributed by atoms with Gasteiger partial charge in [0, 0.05) is 11.5 Å². The maximum Gasteiger partial charge on any atom is 0.339 e. The molecule has 1 N–H and O–H groups in total. The Morgan fingerprint density at radius 2 is 1.64 bits per heavy atom. The summed E-state index contributed by atoms with van der Waals surface area (Å²) in [5, 5.41) is 10.6. The van der Waals surface area contributed by atoms with Crippen LogP contribution in [0.1, 0.15) is 36.5 Å². The van der Waals surface area contributed by atoms with Gasteiger partial charge in [-0.25, -0.2) is 4.79 Å². The van der Waals surface area contributed by atoms with Gasteiger partial charge >= 0.3 is 5.97 Å². The molecule has 22 heavy (non-hydrogen) atoms. The van der Waals surface area contributed by atoms with Crippen molar-refractivity contribution < 1.29 is 14.6 Å². The van der Waals surface area contributed by atoms with Crippen molar-refractivity contribution in [2.24, 2.45) is 0 Å². The van der Waals surface area contributed by atoms with E-state index >= 15 is 0 Å². The Bertz CT molecular complexity index is 689. The van der Waals surface area contributed by atoms with Gasteiger partial charge in [0.1, 0.15) is 5.76 Å². The molecule has 1 heterocycles. The molecule has 3 rings (SSSR count). The Morgan fingerprint density at radius 3 is 2.23 bits per heavy atom. The second kappa shape index (κ2) is 6.06. The van der Waals surface area contributed by atoms with E-state index in [-0.39, 0.29) is 11.7 Å².